The van der Waals surface area contributed by atoms with Gasteiger partial charge in [-0.15, -0.1) is 0 Å². The summed E-state index contributed by atoms with van der Waals surface area (Å²) in [6.45, 7) is 7.17. The summed E-state index contributed by atoms with van der Waals surface area (Å²) in [5.74, 6) is 0.687. The van der Waals surface area contributed by atoms with E-state index in [1.165, 1.54) is 0 Å². The monoisotopic (exact) mass is 209 g/mol. The molecular weight excluding hydrogens is 190 g/mol. The molecular formula is C12H19NO2. The van der Waals surface area contributed by atoms with Gasteiger partial charge in [0.05, 0.1) is 7.11 Å². The summed E-state index contributed by atoms with van der Waals surface area (Å²) in [4.78, 5) is 0. The Bertz CT molecular complexity index is 334. The smallest absolute Gasteiger partial charge is 0.160 e. The molecule has 0 atom stereocenters. The molecule has 0 aliphatic heterocycles. The number of aromatic hydroxyl groups is 1. The van der Waals surface area contributed by atoms with Crippen molar-refractivity contribution in [2.45, 2.75) is 26.3 Å². The maximum atomic E-state index is 9.49. The van der Waals surface area contributed by atoms with Crippen LogP contribution < -0.4 is 10.1 Å². The summed E-state index contributed by atoms with van der Waals surface area (Å²) < 4.78 is 5.08. The molecule has 0 aromatic heterocycles. The number of ether oxygens (including phenoxy) is 1. The van der Waals surface area contributed by atoms with E-state index >= 15 is 0 Å². The van der Waals surface area contributed by atoms with Gasteiger partial charge >= 0.3 is 0 Å². The number of nitrogens with one attached hydrogen (secondary N) is 1. The van der Waals surface area contributed by atoms with E-state index in [0.717, 1.165) is 12.1 Å². The number of rotatable bonds is 4. The zero-order valence-corrected chi connectivity index (χ0v) is 9.79. The molecule has 0 aliphatic carbocycles. The highest BCUT2D eigenvalue weighted by atomic mass is 16.5. The molecule has 3 heteroatoms. The van der Waals surface area contributed by atoms with Gasteiger partial charge in [0.15, 0.2) is 11.5 Å². The van der Waals surface area contributed by atoms with E-state index in [4.69, 9.17) is 4.74 Å². The Balaban J connectivity index is 3.04. The van der Waals surface area contributed by atoms with Crippen molar-refractivity contribution >= 4 is 0 Å². The molecule has 15 heavy (non-hydrogen) atoms. The number of methoxy groups -OCH3 is 1. The molecule has 0 fully saturated rings. The Labute approximate surface area is 91.1 Å². The summed E-state index contributed by atoms with van der Waals surface area (Å²) in [6.07, 6.45) is 0. The van der Waals surface area contributed by atoms with Crippen LogP contribution in [-0.4, -0.2) is 18.8 Å². The fourth-order valence-corrected chi connectivity index (χ4v) is 1.61. The van der Waals surface area contributed by atoms with Gasteiger partial charge in [0.1, 0.15) is 0 Å². The number of hydrogen-bond acceptors (Lipinski definition) is 3. The van der Waals surface area contributed by atoms with E-state index in [-0.39, 0.29) is 11.3 Å². The molecule has 0 bridgehead atoms. The molecule has 0 saturated carbocycles. The second kappa shape index (κ2) is 4.53. The minimum atomic E-state index is -0.115. The van der Waals surface area contributed by atoms with E-state index in [0.29, 0.717) is 5.75 Å². The highest BCUT2D eigenvalue weighted by molar-refractivity contribution is 5.43. The Kier molecular flexibility index (Phi) is 3.58. The van der Waals surface area contributed by atoms with Crippen LogP contribution in [0.2, 0.25) is 0 Å². The lowest BCUT2D eigenvalue weighted by Gasteiger charge is -2.26. The fraction of sp³-hybridized carbons (Fsp3) is 0.500. The Hall–Kier alpha value is -1.22. The quantitative estimate of drug-likeness (QED) is 0.799. The number of hydrogen-bond donors (Lipinski definition) is 2. The van der Waals surface area contributed by atoms with Gasteiger partial charge in [-0.1, -0.05) is 13.0 Å². The topological polar surface area (TPSA) is 41.5 Å². The van der Waals surface area contributed by atoms with Crippen molar-refractivity contribution in [2.75, 3.05) is 13.7 Å². The van der Waals surface area contributed by atoms with Crippen LogP contribution >= 0.6 is 0 Å². The van der Waals surface area contributed by atoms with Gasteiger partial charge in [-0.2, -0.15) is 0 Å². The third-order valence-electron chi connectivity index (χ3n) is 2.52. The first kappa shape index (κ1) is 11.9. The van der Waals surface area contributed by atoms with Crippen molar-refractivity contribution in [2.24, 2.45) is 0 Å². The molecule has 0 spiro atoms. The van der Waals surface area contributed by atoms with Crippen molar-refractivity contribution in [1.29, 1.82) is 0 Å². The maximum absolute atomic E-state index is 9.49. The van der Waals surface area contributed by atoms with Gasteiger partial charge in [0.25, 0.3) is 0 Å². The average molecular weight is 209 g/mol. The van der Waals surface area contributed by atoms with Gasteiger partial charge in [-0.3, -0.25) is 0 Å². The molecule has 0 radical (unpaired) electrons. The second-order valence-electron chi connectivity index (χ2n) is 4.04. The molecule has 1 rings (SSSR count). The zero-order chi connectivity index (χ0) is 11.5. The minimum Gasteiger partial charge on any atom is -0.504 e. The molecule has 0 aliphatic rings. The van der Waals surface area contributed by atoms with E-state index in [1.54, 1.807) is 13.2 Å². The first-order chi connectivity index (χ1) is 7.01. The maximum Gasteiger partial charge on any atom is 0.160 e. The van der Waals surface area contributed by atoms with Crippen LogP contribution in [0.25, 0.3) is 0 Å². The van der Waals surface area contributed by atoms with Crippen LogP contribution in [0.5, 0.6) is 11.5 Å². The lowest BCUT2D eigenvalue weighted by atomic mass is 9.94. The van der Waals surface area contributed by atoms with Crippen molar-refractivity contribution in [3.05, 3.63) is 23.8 Å². The SMILES string of the molecule is CCNC(C)(C)c1ccc(O)c(OC)c1. The summed E-state index contributed by atoms with van der Waals surface area (Å²) >= 11 is 0. The van der Waals surface area contributed by atoms with Crippen LogP contribution in [0.1, 0.15) is 26.3 Å². The third kappa shape index (κ3) is 2.63. The van der Waals surface area contributed by atoms with Gasteiger partial charge < -0.3 is 15.2 Å². The van der Waals surface area contributed by atoms with Gasteiger partial charge in [-0.05, 0) is 38.1 Å². The van der Waals surface area contributed by atoms with Crippen LogP contribution in [0.4, 0.5) is 0 Å². The molecule has 0 saturated heterocycles. The molecule has 84 valence electrons. The molecule has 2 N–H and O–H groups in total. The van der Waals surface area contributed by atoms with Crippen molar-refractivity contribution in [3.8, 4) is 11.5 Å². The highest BCUT2D eigenvalue weighted by Crippen LogP contribution is 2.30. The summed E-state index contributed by atoms with van der Waals surface area (Å²) in [7, 11) is 1.55. The van der Waals surface area contributed by atoms with Crippen LogP contribution in [-0.2, 0) is 5.54 Å². The molecule has 3 nitrogen and oxygen atoms in total. The predicted molar refractivity (Wildman–Crippen MR) is 61.4 cm³/mol. The van der Waals surface area contributed by atoms with E-state index in [2.05, 4.69) is 26.1 Å². The Morgan fingerprint density at radius 1 is 1.40 bits per heavy atom. The van der Waals surface area contributed by atoms with Gasteiger partial charge in [-0.25, -0.2) is 0 Å². The summed E-state index contributed by atoms with van der Waals surface area (Å²) in [5.41, 5.74) is 0.981. The van der Waals surface area contributed by atoms with Crippen LogP contribution in [0.3, 0.4) is 0 Å². The van der Waals surface area contributed by atoms with Gasteiger partial charge in [0, 0.05) is 5.54 Å². The molecule has 1 aromatic rings. The van der Waals surface area contributed by atoms with E-state index in [1.807, 2.05) is 12.1 Å². The zero-order valence-electron chi connectivity index (χ0n) is 9.79. The predicted octanol–water partition coefficient (Wildman–Crippen LogP) is 2.25. The van der Waals surface area contributed by atoms with Crippen molar-refractivity contribution < 1.29 is 9.84 Å². The van der Waals surface area contributed by atoms with Gasteiger partial charge in [0.2, 0.25) is 0 Å². The minimum absolute atomic E-state index is 0.115. The molecule has 0 amide bonds. The highest BCUT2D eigenvalue weighted by Gasteiger charge is 2.20. The molecule has 0 heterocycles. The van der Waals surface area contributed by atoms with Crippen LogP contribution in [0.15, 0.2) is 18.2 Å². The summed E-state index contributed by atoms with van der Waals surface area (Å²) in [5, 5.41) is 12.9. The largest absolute Gasteiger partial charge is 0.504 e. The lowest BCUT2D eigenvalue weighted by Crippen LogP contribution is -2.36. The number of phenols is 1. The lowest BCUT2D eigenvalue weighted by molar-refractivity contribution is 0.367. The Morgan fingerprint density at radius 2 is 2.07 bits per heavy atom. The molecule has 0 unspecified atom stereocenters. The standard InChI is InChI=1S/C12H19NO2/c1-5-13-12(2,3)9-6-7-10(14)11(8-9)15-4/h6-8,13-14H,5H2,1-4H3. The molecule has 1 aromatic carbocycles. The fourth-order valence-electron chi connectivity index (χ4n) is 1.61. The van der Waals surface area contributed by atoms with Crippen LogP contribution in [0, 0.1) is 0 Å². The van der Waals surface area contributed by atoms with E-state index < -0.39 is 0 Å². The third-order valence-corrected chi connectivity index (χ3v) is 2.52. The number of benzene rings is 1. The normalized spacial score (nSPS) is 11.5. The summed E-state index contributed by atoms with van der Waals surface area (Å²) in [6, 6.07) is 5.42. The number of phenolic OH excluding ortho intramolecular Hbond substituents is 1. The van der Waals surface area contributed by atoms with Crippen molar-refractivity contribution in [3.63, 3.8) is 0 Å². The first-order valence-electron chi connectivity index (χ1n) is 5.13. The first-order valence-corrected chi connectivity index (χ1v) is 5.13. The second-order valence-corrected chi connectivity index (χ2v) is 4.04. The van der Waals surface area contributed by atoms with Crippen molar-refractivity contribution in [1.82, 2.24) is 5.32 Å². The average Bonchev–Trinajstić information content (AvgIpc) is 2.18. The Morgan fingerprint density at radius 3 is 2.60 bits per heavy atom. The van der Waals surface area contributed by atoms with E-state index in [9.17, 15) is 5.11 Å².